The van der Waals surface area contributed by atoms with Crippen LogP contribution < -0.4 is 10.6 Å². The van der Waals surface area contributed by atoms with E-state index < -0.39 is 0 Å². The molecule has 0 aromatic heterocycles. The molecule has 1 aliphatic rings. The number of para-hydroxylation sites is 1. The molecule has 3 heteroatoms. The highest BCUT2D eigenvalue weighted by Crippen LogP contribution is 2.19. The van der Waals surface area contributed by atoms with Crippen LogP contribution in [0.2, 0.25) is 0 Å². The second-order valence-electron chi connectivity index (χ2n) is 4.41. The number of amides is 1. The Morgan fingerprint density at radius 1 is 0.895 bits per heavy atom. The van der Waals surface area contributed by atoms with Crippen LogP contribution in [0.3, 0.4) is 0 Å². The van der Waals surface area contributed by atoms with Gasteiger partial charge in [-0.2, -0.15) is 0 Å². The SMILES string of the molecule is O=C1N[C@H](/C=C/c2ccccc2)Nc2ccccc21. The van der Waals surface area contributed by atoms with Gasteiger partial charge >= 0.3 is 0 Å². The van der Waals surface area contributed by atoms with Crippen molar-refractivity contribution in [1.29, 1.82) is 0 Å². The van der Waals surface area contributed by atoms with Gasteiger partial charge in [0.15, 0.2) is 0 Å². The van der Waals surface area contributed by atoms with Gasteiger partial charge < -0.3 is 10.6 Å². The lowest BCUT2D eigenvalue weighted by molar-refractivity contribution is 0.0943. The molecule has 3 nitrogen and oxygen atoms in total. The van der Waals surface area contributed by atoms with E-state index in [1.165, 1.54) is 0 Å². The van der Waals surface area contributed by atoms with E-state index in [4.69, 9.17) is 0 Å². The van der Waals surface area contributed by atoms with E-state index in [0.29, 0.717) is 5.56 Å². The van der Waals surface area contributed by atoms with Crippen molar-refractivity contribution in [3.05, 3.63) is 71.8 Å². The standard InChI is InChI=1S/C16H14N2O/c19-16-13-8-4-5-9-14(13)17-15(18-16)11-10-12-6-2-1-3-7-12/h1-11,15,17H,(H,18,19)/b11-10+/t15-/m1/s1. The van der Waals surface area contributed by atoms with E-state index in [1.54, 1.807) is 0 Å². The third-order valence-corrected chi connectivity index (χ3v) is 3.05. The molecule has 1 heterocycles. The molecule has 0 fully saturated rings. The van der Waals surface area contributed by atoms with Crippen molar-refractivity contribution in [2.45, 2.75) is 6.17 Å². The number of carbonyl (C=O) groups is 1. The fourth-order valence-corrected chi connectivity index (χ4v) is 2.10. The topological polar surface area (TPSA) is 41.1 Å². The quantitative estimate of drug-likeness (QED) is 0.860. The zero-order chi connectivity index (χ0) is 13.1. The summed E-state index contributed by atoms with van der Waals surface area (Å²) in [4.78, 5) is 11.9. The molecule has 94 valence electrons. The van der Waals surface area contributed by atoms with Crippen LogP contribution in [0, 0.1) is 0 Å². The molecule has 0 spiro atoms. The van der Waals surface area contributed by atoms with Crippen LogP contribution in [-0.4, -0.2) is 12.1 Å². The number of nitrogens with one attached hydrogen (secondary N) is 2. The molecule has 3 rings (SSSR count). The van der Waals surface area contributed by atoms with Gasteiger partial charge in [-0.1, -0.05) is 48.5 Å². The Bertz CT molecular complexity index is 620. The second-order valence-corrected chi connectivity index (χ2v) is 4.41. The smallest absolute Gasteiger partial charge is 0.255 e. The van der Waals surface area contributed by atoms with E-state index in [9.17, 15) is 4.79 Å². The monoisotopic (exact) mass is 250 g/mol. The van der Waals surface area contributed by atoms with Gasteiger partial charge in [0.05, 0.1) is 5.56 Å². The molecule has 0 saturated heterocycles. The minimum Gasteiger partial charge on any atom is -0.361 e. The first-order chi connectivity index (χ1) is 9.33. The largest absolute Gasteiger partial charge is 0.361 e. The molecule has 2 aromatic rings. The number of fused-ring (bicyclic) bond motifs is 1. The number of hydrogen-bond acceptors (Lipinski definition) is 2. The Hall–Kier alpha value is -2.55. The fraction of sp³-hybridized carbons (Fsp3) is 0.0625. The maximum atomic E-state index is 11.9. The van der Waals surface area contributed by atoms with Gasteiger partial charge in [-0.05, 0) is 23.8 Å². The van der Waals surface area contributed by atoms with Crippen molar-refractivity contribution in [1.82, 2.24) is 5.32 Å². The molecule has 0 saturated carbocycles. The van der Waals surface area contributed by atoms with Gasteiger partial charge in [0.25, 0.3) is 5.91 Å². The predicted octanol–water partition coefficient (Wildman–Crippen LogP) is 2.88. The van der Waals surface area contributed by atoms with Crippen LogP contribution in [0.4, 0.5) is 5.69 Å². The lowest BCUT2D eigenvalue weighted by Crippen LogP contribution is -2.43. The number of benzene rings is 2. The number of rotatable bonds is 2. The number of hydrogen-bond donors (Lipinski definition) is 2. The Balaban J connectivity index is 1.79. The first-order valence-corrected chi connectivity index (χ1v) is 6.22. The third-order valence-electron chi connectivity index (χ3n) is 3.05. The summed E-state index contributed by atoms with van der Waals surface area (Å²) in [6.45, 7) is 0. The normalized spacial score (nSPS) is 17.7. The van der Waals surface area contributed by atoms with Gasteiger partial charge in [-0.25, -0.2) is 0 Å². The van der Waals surface area contributed by atoms with Gasteiger partial charge in [0.1, 0.15) is 6.17 Å². The summed E-state index contributed by atoms with van der Waals surface area (Å²) >= 11 is 0. The van der Waals surface area contributed by atoms with Crippen molar-refractivity contribution in [3.8, 4) is 0 Å². The summed E-state index contributed by atoms with van der Waals surface area (Å²) < 4.78 is 0. The summed E-state index contributed by atoms with van der Waals surface area (Å²) in [5.41, 5.74) is 2.67. The van der Waals surface area contributed by atoms with E-state index in [0.717, 1.165) is 11.3 Å². The second kappa shape index (κ2) is 4.98. The molecule has 1 aliphatic heterocycles. The molecule has 1 amide bonds. The highest BCUT2D eigenvalue weighted by molar-refractivity contribution is 6.01. The van der Waals surface area contributed by atoms with Crippen LogP contribution in [0.5, 0.6) is 0 Å². The van der Waals surface area contributed by atoms with Crippen molar-refractivity contribution < 1.29 is 4.79 Å². The van der Waals surface area contributed by atoms with E-state index in [1.807, 2.05) is 66.7 Å². The average molecular weight is 250 g/mol. The molecule has 2 N–H and O–H groups in total. The lowest BCUT2D eigenvalue weighted by atomic mass is 10.1. The zero-order valence-electron chi connectivity index (χ0n) is 10.3. The van der Waals surface area contributed by atoms with Gasteiger partial charge in [-0.3, -0.25) is 4.79 Å². The van der Waals surface area contributed by atoms with Crippen molar-refractivity contribution in [3.63, 3.8) is 0 Å². The summed E-state index contributed by atoms with van der Waals surface area (Å²) in [5, 5.41) is 6.18. The van der Waals surface area contributed by atoms with Crippen molar-refractivity contribution >= 4 is 17.7 Å². The Kier molecular flexibility index (Phi) is 3.02. The number of anilines is 1. The molecule has 2 aromatic carbocycles. The predicted molar refractivity (Wildman–Crippen MR) is 76.8 cm³/mol. The van der Waals surface area contributed by atoms with Gasteiger partial charge in [-0.15, -0.1) is 0 Å². The molecular formula is C16H14N2O. The lowest BCUT2D eigenvalue weighted by Gasteiger charge is -2.25. The number of carbonyl (C=O) groups excluding carboxylic acids is 1. The third kappa shape index (κ3) is 2.50. The average Bonchev–Trinajstić information content (AvgIpc) is 2.46. The highest BCUT2D eigenvalue weighted by Gasteiger charge is 2.20. The summed E-state index contributed by atoms with van der Waals surface area (Å²) in [6.07, 6.45) is 3.76. The zero-order valence-corrected chi connectivity index (χ0v) is 10.3. The Labute approximate surface area is 112 Å². The van der Waals surface area contributed by atoms with Crippen LogP contribution in [0.25, 0.3) is 6.08 Å². The Morgan fingerprint density at radius 3 is 2.47 bits per heavy atom. The van der Waals surface area contributed by atoms with Crippen LogP contribution >= 0.6 is 0 Å². The molecule has 0 bridgehead atoms. The maximum absolute atomic E-state index is 11.9. The van der Waals surface area contributed by atoms with Crippen molar-refractivity contribution in [2.24, 2.45) is 0 Å². The summed E-state index contributed by atoms with van der Waals surface area (Å²) in [7, 11) is 0. The molecule has 0 unspecified atom stereocenters. The Morgan fingerprint density at radius 2 is 1.63 bits per heavy atom. The van der Waals surface area contributed by atoms with Gasteiger partial charge in [0, 0.05) is 5.69 Å². The van der Waals surface area contributed by atoms with Crippen LogP contribution in [-0.2, 0) is 0 Å². The first kappa shape index (κ1) is 11.5. The van der Waals surface area contributed by atoms with E-state index >= 15 is 0 Å². The molecule has 1 atom stereocenters. The minimum atomic E-state index is -0.178. The summed E-state index contributed by atoms with van der Waals surface area (Å²) in [6, 6.07) is 17.5. The van der Waals surface area contributed by atoms with E-state index in [2.05, 4.69) is 10.6 Å². The first-order valence-electron chi connectivity index (χ1n) is 6.22. The molecule has 0 aliphatic carbocycles. The molecular weight excluding hydrogens is 236 g/mol. The maximum Gasteiger partial charge on any atom is 0.255 e. The summed E-state index contributed by atoms with van der Waals surface area (Å²) in [5.74, 6) is -0.0444. The van der Waals surface area contributed by atoms with Crippen molar-refractivity contribution in [2.75, 3.05) is 5.32 Å². The minimum absolute atomic E-state index is 0.0444. The fourth-order valence-electron chi connectivity index (χ4n) is 2.10. The van der Waals surface area contributed by atoms with Crippen LogP contribution in [0.15, 0.2) is 60.7 Å². The van der Waals surface area contributed by atoms with E-state index in [-0.39, 0.29) is 12.1 Å². The van der Waals surface area contributed by atoms with Gasteiger partial charge in [0.2, 0.25) is 0 Å². The highest BCUT2D eigenvalue weighted by atomic mass is 16.2. The van der Waals surface area contributed by atoms with Crippen LogP contribution in [0.1, 0.15) is 15.9 Å². The molecule has 19 heavy (non-hydrogen) atoms. The molecule has 0 radical (unpaired) electrons.